The van der Waals surface area contributed by atoms with Crippen LogP contribution in [0.5, 0.6) is 0 Å². The number of nitrogens with two attached hydrogens (primary N) is 1. The Morgan fingerprint density at radius 2 is 1.86 bits per heavy atom. The molecule has 6 heteroatoms. The second-order valence-electron chi connectivity index (χ2n) is 6.61. The molecule has 0 bridgehead atoms. The maximum atomic E-state index is 12.8. The van der Waals surface area contributed by atoms with E-state index in [0.29, 0.717) is 11.1 Å². The highest BCUT2D eigenvalue weighted by atomic mass is 35.5. The Balaban J connectivity index is 2.25. The highest BCUT2D eigenvalue weighted by Gasteiger charge is 2.34. The van der Waals surface area contributed by atoms with Crippen molar-refractivity contribution in [2.24, 2.45) is 5.41 Å². The van der Waals surface area contributed by atoms with Gasteiger partial charge in [0, 0.05) is 18.8 Å². The zero-order valence-electron chi connectivity index (χ0n) is 12.8. The third-order valence-electron chi connectivity index (χ3n) is 4.44. The molecule has 0 amide bonds. The Morgan fingerprint density at radius 3 is 2.43 bits per heavy atom. The summed E-state index contributed by atoms with van der Waals surface area (Å²) >= 11 is 6.05. The number of sulfonamides is 1. The predicted octanol–water partition coefficient (Wildman–Crippen LogP) is 3.51. The van der Waals surface area contributed by atoms with Gasteiger partial charge in [-0.1, -0.05) is 25.4 Å². The summed E-state index contributed by atoms with van der Waals surface area (Å²) in [7, 11) is -1.97. The molecule has 118 valence electrons. The van der Waals surface area contributed by atoms with Gasteiger partial charge in [-0.05, 0) is 49.3 Å². The van der Waals surface area contributed by atoms with Gasteiger partial charge < -0.3 is 5.73 Å². The van der Waals surface area contributed by atoms with Gasteiger partial charge in [-0.3, -0.25) is 0 Å². The molecule has 4 nitrogen and oxygen atoms in total. The maximum Gasteiger partial charge on any atom is 0.244 e. The summed E-state index contributed by atoms with van der Waals surface area (Å²) in [5, 5.41) is 0.215. The van der Waals surface area contributed by atoms with Gasteiger partial charge in [0.15, 0.2) is 0 Å². The molecule has 0 aromatic heterocycles. The molecule has 0 saturated heterocycles. The molecule has 0 unspecified atom stereocenters. The topological polar surface area (TPSA) is 63.4 Å². The normalized spacial score (nSPS) is 19.9. The number of rotatable bonds is 3. The van der Waals surface area contributed by atoms with Gasteiger partial charge in [0.05, 0.1) is 5.02 Å². The molecule has 1 saturated carbocycles. The smallest absolute Gasteiger partial charge is 0.244 e. The Hall–Kier alpha value is -0.780. The first-order valence-electron chi connectivity index (χ1n) is 7.16. The lowest BCUT2D eigenvalue weighted by atomic mass is 9.76. The Kier molecular flexibility index (Phi) is 4.57. The second-order valence-corrected chi connectivity index (χ2v) is 8.98. The van der Waals surface area contributed by atoms with Gasteiger partial charge in [0.2, 0.25) is 10.0 Å². The van der Waals surface area contributed by atoms with Gasteiger partial charge in [-0.15, -0.1) is 0 Å². The van der Waals surface area contributed by atoms with E-state index in [4.69, 9.17) is 17.3 Å². The average molecular weight is 331 g/mol. The van der Waals surface area contributed by atoms with Crippen molar-refractivity contribution in [1.29, 1.82) is 0 Å². The van der Waals surface area contributed by atoms with Crippen LogP contribution in [-0.4, -0.2) is 25.8 Å². The molecule has 0 spiro atoms. The highest BCUT2D eigenvalue weighted by molar-refractivity contribution is 7.89. The van der Waals surface area contributed by atoms with Crippen LogP contribution in [0.3, 0.4) is 0 Å². The van der Waals surface area contributed by atoms with Crippen molar-refractivity contribution < 1.29 is 8.42 Å². The molecule has 2 N–H and O–H groups in total. The van der Waals surface area contributed by atoms with Crippen molar-refractivity contribution >= 4 is 27.3 Å². The summed E-state index contributed by atoms with van der Waals surface area (Å²) in [5.41, 5.74) is 6.40. The lowest BCUT2D eigenvalue weighted by Gasteiger charge is -2.38. The Bertz CT molecular complexity index is 619. The van der Waals surface area contributed by atoms with Crippen LogP contribution < -0.4 is 5.73 Å². The van der Waals surface area contributed by atoms with Crippen molar-refractivity contribution in [3.05, 3.63) is 23.2 Å². The first-order chi connectivity index (χ1) is 9.63. The van der Waals surface area contributed by atoms with E-state index in [-0.39, 0.29) is 16.0 Å². The fourth-order valence-electron chi connectivity index (χ4n) is 2.82. The van der Waals surface area contributed by atoms with E-state index in [9.17, 15) is 8.42 Å². The number of anilines is 1. The van der Waals surface area contributed by atoms with Gasteiger partial charge in [0.1, 0.15) is 4.90 Å². The summed E-state index contributed by atoms with van der Waals surface area (Å²) in [6.45, 7) is 4.46. The first kappa shape index (κ1) is 16.6. The van der Waals surface area contributed by atoms with Crippen molar-refractivity contribution in [2.75, 3.05) is 12.8 Å². The molecule has 1 fully saturated rings. The Labute approximate surface area is 132 Å². The van der Waals surface area contributed by atoms with E-state index >= 15 is 0 Å². The van der Waals surface area contributed by atoms with Crippen LogP contribution in [-0.2, 0) is 10.0 Å². The van der Waals surface area contributed by atoms with Crippen molar-refractivity contribution in [2.45, 2.75) is 50.5 Å². The van der Waals surface area contributed by atoms with E-state index < -0.39 is 10.0 Å². The number of benzene rings is 1. The Morgan fingerprint density at radius 1 is 1.29 bits per heavy atom. The monoisotopic (exact) mass is 330 g/mol. The number of nitrogens with zero attached hydrogens (tertiary/aromatic N) is 1. The molecule has 1 aromatic rings. The van der Waals surface area contributed by atoms with Crippen LogP contribution in [0.2, 0.25) is 5.02 Å². The predicted molar refractivity (Wildman–Crippen MR) is 86.9 cm³/mol. The van der Waals surface area contributed by atoms with Crippen molar-refractivity contribution in [3.63, 3.8) is 0 Å². The zero-order valence-corrected chi connectivity index (χ0v) is 14.3. The minimum Gasteiger partial charge on any atom is -0.399 e. The van der Waals surface area contributed by atoms with E-state index in [1.807, 2.05) is 0 Å². The molecular weight excluding hydrogens is 308 g/mol. The van der Waals surface area contributed by atoms with Crippen LogP contribution in [0.15, 0.2) is 23.1 Å². The van der Waals surface area contributed by atoms with E-state index in [0.717, 1.165) is 25.7 Å². The standard InChI is InChI=1S/C15H23ClN2O2S/c1-15(2)8-6-12(7-9-15)18(3)21(19,20)14-10-11(17)4-5-13(14)16/h4-5,10,12H,6-9,17H2,1-3H3. The SMILES string of the molecule is CN(C1CCC(C)(C)CC1)S(=O)(=O)c1cc(N)ccc1Cl. The largest absolute Gasteiger partial charge is 0.399 e. The van der Waals surface area contributed by atoms with E-state index in [1.54, 1.807) is 13.1 Å². The summed E-state index contributed by atoms with van der Waals surface area (Å²) in [5.74, 6) is 0. The molecule has 0 radical (unpaired) electrons. The third-order valence-corrected chi connectivity index (χ3v) is 6.83. The second kappa shape index (κ2) is 5.78. The van der Waals surface area contributed by atoms with Crippen LogP contribution >= 0.6 is 11.6 Å². The molecule has 2 rings (SSSR count). The van der Waals surface area contributed by atoms with Crippen LogP contribution in [0.25, 0.3) is 0 Å². The maximum absolute atomic E-state index is 12.8. The third kappa shape index (κ3) is 3.52. The summed E-state index contributed by atoms with van der Waals surface area (Å²) in [6.07, 6.45) is 3.82. The van der Waals surface area contributed by atoms with Gasteiger partial charge in [0.25, 0.3) is 0 Å². The highest BCUT2D eigenvalue weighted by Crippen LogP contribution is 2.38. The molecule has 0 heterocycles. The summed E-state index contributed by atoms with van der Waals surface area (Å²) in [4.78, 5) is 0.0940. The number of halogens is 1. The van der Waals surface area contributed by atoms with Crippen molar-refractivity contribution in [1.82, 2.24) is 4.31 Å². The zero-order chi connectivity index (χ0) is 15.8. The number of hydrogen-bond donors (Lipinski definition) is 1. The summed E-state index contributed by atoms with van der Waals surface area (Å²) < 4.78 is 27.0. The minimum absolute atomic E-state index is 0.0283. The average Bonchev–Trinajstić information content (AvgIpc) is 2.40. The van der Waals surface area contributed by atoms with Crippen LogP contribution in [0.1, 0.15) is 39.5 Å². The molecule has 1 aromatic carbocycles. The molecule has 1 aliphatic rings. The number of nitrogen functional groups attached to an aromatic ring is 1. The van der Waals surface area contributed by atoms with Gasteiger partial charge in [-0.2, -0.15) is 4.31 Å². The first-order valence-corrected chi connectivity index (χ1v) is 8.98. The van der Waals surface area contributed by atoms with Gasteiger partial charge in [-0.25, -0.2) is 8.42 Å². The fraction of sp³-hybridized carbons (Fsp3) is 0.600. The molecule has 21 heavy (non-hydrogen) atoms. The van der Waals surface area contributed by atoms with Crippen LogP contribution in [0.4, 0.5) is 5.69 Å². The van der Waals surface area contributed by atoms with E-state index in [1.165, 1.54) is 16.4 Å². The molecule has 1 aliphatic carbocycles. The van der Waals surface area contributed by atoms with Crippen LogP contribution in [0, 0.1) is 5.41 Å². The quantitative estimate of drug-likeness (QED) is 0.862. The van der Waals surface area contributed by atoms with Gasteiger partial charge >= 0.3 is 0 Å². The summed E-state index contributed by atoms with van der Waals surface area (Å²) in [6, 6.07) is 4.59. The molecular formula is C15H23ClN2O2S. The lowest BCUT2D eigenvalue weighted by Crippen LogP contribution is -2.40. The van der Waals surface area contributed by atoms with Crippen molar-refractivity contribution in [3.8, 4) is 0 Å². The number of hydrogen-bond acceptors (Lipinski definition) is 3. The minimum atomic E-state index is -3.61. The van der Waals surface area contributed by atoms with E-state index in [2.05, 4.69) is 13.8 Å². The lowest BCUT2D eigenvalue weighted by molar-refractivity contribution is 0.174. The molecule has 0 aliphatic heterocycles. The molecule has 0 atom stereocenters. The fourth-order valence-corrected chi connectivity index (χ4v) is 4.74.